The summed E-state index contributed by atoms with van der Waals surface area (Å²) in [6.07, 6.45) is 4.42. The van der Waals surface area contributed by atoms with Gasteiger partial charge < -0.3 is 0 Å². The largest absolute Gasteiger partial charge is 0.299 e. The third-order valence-electron chi connectivity index (χ3n) is 4.41. The van der Waals surface area contributed by atoms with Gasteiger partial charge >= 0.3 is 0 Å². The zero-order valence-corrected chi connectivity index (χ0v) is 13.0. The van der Waals surface area contributed by atoms with Gasteiger partial charge in [-0.05, 0) is 51.6 Å². The molecule has 19 heavy (non-hydrogen) atoms. The van der Waals surface area contributed by atoms with Crippen LogP contribution in [0.15, 0.2) is 0 Å². The molecular formula is C13H27N3O2S. The van der Waals surface area contributed by atoms with E-state index in [0.29, 0.717) is 19.6 Å². The average Bonchev–Trinajstić information content (AvgIpc) is 2.91. The molecule has 0 saturated carbocycles. The summed E-state index contributed by atoms with van der Waals surface area (Å²) in [6, 6.07) is 0.282. The molecule has 0 bridgehead atoms. The first-order chi connectivity index (χ1) is 8.99. The summed E-state index contributed by atoms with van der Waals surface area (Å²) in [5.41, 5.74) is 0. The van der Waals surface area contributed by atoms with Crippen molar-refractivity contribution in [3.63, 3.8) is 0 Å². The fourth-order valence-corrected chi connectivity index (χ4v) is 4.22. The number of likely N-dealkylation sites (tertiary alicyclic amines) is 1. The normalized spacial score (nSPS) is 25.8. The SMILES string of the molecule is CC1CCN(C(C)CNS(=O)(=O)N2CCCC2)CC1. The third-order valence-corrected chi connectivity index (χ3v) is 5.98. The predicted octanol–water partition coefficient (Wildman–Crippen LogP) is 1.04. The first-order valence-electron chi connectivity index (χ1n) is 7.48. The van der Waals surface area contributed by atoms with E-state index in [1.165, 1.54) is 12.8 Å². The molecule has 0 aromatic rings. The Kier molecular flexibility index (Phi) is 5.22. The fraction of sp³-hybridized carbons (Fsp3) is 1.00. The Morgan fingerprint density at radius 3 is 2.32 bits per heavy atom. The second-order valence-electron chi connectivity index (χ2n) is 6.03. The molecule has 2 aliphatic heterocycles. The molecule has 0 amide bonds. The smallest absolute Gasteiger partial charge is 0.279 e. The van der Waals surface area contributed by atoms with Crippen molar-refractivity contribution >= 4 is 10.2 Å². The second kappa shape index (κ2) is 6.52. The van der Waals surface area contributed by atoms with Crippen LogP contribution in [0.2, 0.25) is 0 Å². The average molecular weight is 289 g/mol. The molecule has 2 heterocycles. The van der Waals surface area contributed by atoms with Crippen molar-refractivity contribution < 1.29 is 8.42 Å². The zero-order chi connectivity index (χ0) is 13.9. The van der Waals surface area contributed by atoms with Crippen LogP contribution < -0.4 is 4.72 Å². The summed E-state index contributed by atoms with van der Waals surface area (Å²) in [6.45, 7) is 8.45. The minimum atomic E-state index is -3.25. The molecule has 0 radical (unpaired) electrons. The van der Waals surface area contributed by atoms with E-state index in [2.05, 4.69) is 23.5 Å². The van der Waals surface area contributed by atoms with E-state index in [9.17, 15) is 8.42 Å². The van der Waals surface area contributed by atoms with Gasteiger partial charge in [-0.15, -0.1) is 0 Å². The van der Waals surface area contributed by atoms with E-state index < -0.39 is 10.2 Å². The molecule has 0 aliphatic carbocycles. The van der Waals surface area contributed by atoms with Crippen LogP contribution in [-0.4, -0.2) is 56.4 Å². The lowest BCUT2D eigenvalue weighted by atomic mass is 9.98. The topological polar surface area (TPSA) is 52.7 Å². The Hall–Kier alpha value is -0.170. The van der Waals surface area contributed by atoms with Crippen molar-refractivity contribution in [1.29, 1.82) is 0 Å². The molecule has 0 aromatic heterocycles. The predicted molar refractivity (Wildman–Crippen MR) is 77.2 cm³/mol. The molecule has 1 N–H and O–H groups in total. The van der Waals surface area contributed by atoms with Crippen LogP contribution in [0.4, 0.5) is 0 Å². The molecule has 2 fully saturated rings. The minimum Gasteiger partial charge on any atom is -0.299 e. The molecule has 2 rings (SSSR count). The van der Waals surface area contributed by atoms with Crippen molar-refractivity contribution in [2.75, 3.05) is 32.7 Å². The van der Waals surface area contributed by atoms with Gasteiger partial charge in [0.05, 0.1) is 0 Å². The van der Waals surface area contributed by atoms with E-state index in [0.717, 1.165) is 31.8 Å². The third kappa shape index (κ3) is 4.15. The summed E-state index contributed by atoms with van der Waals surface area (Å²) >= 11 is 0. The zero-order valence-electron chi connectivity index (χ0n) is 12.1. The fourth-order valence-electron chi connectivity index (χ4n) is 2.84. The van der Waals surface area contributed by atoms with Gasteiger partial charge in [-0.1, -0.05) is 6.92 Å². The first kappa shape index (κ1) is 15.2. The lowest BCUT2D eigenvalue weighted by molar-refractivity contribution is 0.148. The van der Waals surface area contributed by atoms with E-state index in [1.54, 1.807) is 4.31 Å². The van der Waals surface area contributed by atoms with Crippen molar-refractivity contribution in [2.24, 2.45) is 5.92 Å². The Bertz CT molecular complexity index is 371. The number of nitrogens with one attached hydrogen (secondary N) is 1. The van der Waals surface area contributed by atoms with Gasteiger partial charge in [0.25, 0.3) is 10.2 Å². The van der Waals surface area contributed by atoms with Gasteiger partial charge in [-0.3, -0.25) is 4.90 Å². The Balaban J connectivity index is 1.78. The van der Waals surface area contributed by atoms with Gasteiger partial charge in [0.2, 0.25) is 0 Å². The molecule has 2 aliphatic rings. The standard InChI is InChI=1S/C13H27N3O2S/c1-12-5-9-15(10-6-12)13(2)11-14-19(17,18)16-7-3-4-8-16/h12-14H,3-11H2,1-2H3. The lowest BCUT2D eigenvalue weighted by Gasteiger charge is -2.35. The highest BCUT2D eigenvalue weighted by Gasteiger charge is 2.26. The van der Waals surface area contributed by atoms with Gasteiger partial charge in [0.1, 0.15) is 0 Å². The van der Waals surface area contributed by atoms with E-state index in [-0.39, 0.29) is 6.04 Å². The molecule has 5 nitrogen and oxygen atoms in total. The highest BCUT2D eigenvalue weighted by molar-refractivity contribution is 7.87. The van der Waals surface area contributed by atoms with Crippen LogP contribution in [0.3, 0.4) is 0 Å². The summed E-state index contributed by atoms with van der Waals surface area (Å²) in [7, 11) is -3.25. The summed E-state index contributed by atoms with van der Waals surface area (Å²) in [4.78, 5) is 2.40. The lowest BCUT2D eigenvalue weighted by Crippen LogP contribution is -2.48. The Labute approximate surface area is 117 Å². The first-order valence-corrected chi connectivity index (χ1v) is 8.92. The molecule has 0 spiro atoms. The number of hydrogen-bond acceptors (Lipinski definition) is 3. The maximum Gasteiger partial charge on any atom is 0.279 e. The molecule has 0 aromatic carbocycles. The molecule has 6 heteroatoms. The Morgan fingerprint density at radius 1 is 1.16 bits per heavy atom. The van der Waals surface area contributed by atoms with Crippen LogP contribution in [0, 0.1) is 5.92 Å². The highest BCUT2D eigenvalue weighted by Crippen LogP contribution is 2.18. The van der Waals surface area contributed by atoms with Crippen molar-refractivity contribution in [1.82, 2.24) is 13.9 Å². The van der Waals surface area contributed by atoms with Gasteiger partial charge in [-0.25, -0.2) is 4.72 Å². The maximum atomic E-state index is 12.1. The molecule has 1 atom stereocenters. The summed E-state index contributed by atoms with van der Waals surface area (Å²) in [5.74, 6) is 0.810. The number of piperidine rings is 1. The van der Waals surface area contributed by atoms with Crippen molar-refractivity contribution in [3.05, 3.63) is 0 Å². The summed E-state index contributed by atoms with van der Waals surface area (Å²) in [5, 5.41) is 0. The van der Waals surface area contributed by atoms with Crippen molar-refractivity contribution in [2.45, 2.75) is 45.6 Å². The van der Waals surface area contributed by atoms with Crippen molar-refractivity contribution in [3.8, 4) is 0 Å². The van der Waals surface area contributed by atoms with E-state index >= 15 is 0 Å². The van der Waals surface area contributed by atoms with Gasteiger partial charge in [0, 0.05) is 25.7 Å². The van der Waals surface area contributed by atoms with Gasteiger partial charge in [-0.2, -0.15) is 12.7 Å². The monoisotopic (exact) mass is 289 g/mol. The quantitative estimate of drug-likeness (QED) is 0.823. The molecule has 1 unspecified atom stereocenters. The van der Waals surface area contributed by atoms with Crippen LogP contribution in [-0.2, 0) is 10.2 Å². The van der Waals surface area contributed by atoms with Crippen LogP contribution in [0.25, 0.3) is 0 Å². The Morgan fingerprint density at radius 2 is 1.74 bits per heavy atom. The molecule has 2 saturated heterocycles. The van der Waals surface area contributed by atoms with E-state index in [4.69, 9.17) is 0 Å². The number of nitrogens with zero attached hydrogens (tertiary/aromatic N) is 2. The van der Waals surface area contributed by atoms with Gasteiger partial charge in [0.15, 0.2) is 0 Å². The second-order valence-corrected chi connectivity index (χ2v) is 7.78. The minimum absolute atomic E-state index is 0.282. The number of rotatable bonds is 5. The van der Waals surface area contributed by atoms with Crippen LogP contribution >= 0.6 is 0 Å². The number of hydrogen-bond donors (Lipinski definition) is 1. The summed E-state index contributed by atoms with van der Waals surface area (Å²) < 4.78 is 28.5. The van der Waals surface area contributed by atoms with E-state index in [1.807, 2.05) is 0 Å². The molecular weight excluding hydrogens is 262 g/mol. The highest BCUT2D eigenvalue weighted by atomic mass is 32.2. The maximum absolute atomic E-state index is 12.1. The van der Waals surface area contributed by atoms with Crippen LogP contribution in [0.5, 0.6) is 0 Å². The van der Waals surface area contributed by atoms with Crippen LogP contribution in [0.1, 0.15) is 39.5 Å². The molecule has 112 valence electrons.